The molecule has 0 saturated heterocycles. The van der Waals surface area contributed by atoms with Crippen LogP contribution in [0.4, 0.5) is 5.69 Å². The maximum atomic E-state index is 11.0. The number of nitrogen functional groups attached to an aromatic ring is 1. The fraction of sp³-hybridized carbons (Fsp3) is 0. The van der Waals surface area contributed by atoms with Crippen molar-refractivity contribution in [3.05, 3.63) is 30.3 Å². The van der Waals surface area contributed by atoms with E-state index >= 15 is 0 Å². The Morgan fingerprint density at radius 3 is 1.81 bits per heavy atom. The summed E-state index contributed by atoms with van der Waals surface area (Å²) in [5.74, 6) is 0. The van der Waals surface area contributed by atoms with Gasteiger partial charge in [-0.1, -0.05) is 6.07 Å². The zero-order chi connectivity index (χ0) is 14.4. The average molecular weight is 351 g/mol. The Morgan fingerprint density at radius 2 is 1.33 bits per heavy atom. The number of anilines is 1. The van der Waals surface area contributed by atoms with Crippen molar-refractivity contribution in [2.45, 2.75) is 9.79 Å². The molecule has 0 aliphatic heterocycles. The molecule has 0 bridgehead atoms. The van der Waals surface area contributed by atoms with Crippen LogP contribution < -0.4 is 64.8 Å². The van der Waals surface area contributed by atoms with Gasteiger partial charge in [0.15, 0.2) is 0 Å². The Balaban J connectivity index is -0.000001000. The first-order valence-corrected chi connectivity index (χ1v) is 7.75. The van der Waals surface area contributed by atoms with Crippen molar-refractivity contribution in [3.63, 3.8) is 0 Å². The zero-order valence-corrected chi connectivity index (χ0v) is 16.9. The first kappa shape index (κ1) is 21.3. The third kappa shape index (κ3) is 4.90. The Bertz CT molecular complexity index is 884. The first-order valence-electron chi connectivity index (χ1n) is 4.87. The second kappa shape index (κ2) is 7.26. The molecule has 0 radical (unpaired) electrons. The molecule has 0 atom stereocenters. The Hall–Kier alpha value is 0.320. The molecular formula is C10H11NNa2O6S2. The van der Waals surface area contributed by atoms with Crippen molar-refractivity contribution < 1.29 is 87.9 Å². The minimum atomic E-state index is -4.46. The van der Waals surface area contributed by atoms with Gasteiger partial charge < -0.3 is 8.59 Å². The molecule has 0 aromatic heterocycles. The predicted octanol–water partition coefficient (Wildman–Crippen LogP) is -4.85. The van der Waals surface area contributed by atoms with Crippen molar-refractivity contribution in [1.29, 1.82) is 0 Å². The summed E-state index contributed by atoms with van der Waals surface area (Å²) in [6.07, 6.45) is 0. The fourth-order valence-electron chi connectivity index (χ4n) is 1.66. The van der Waals surface area contributed by atoms with E-state index in [2.05, 4.69) is 0 Å². The molecule has 106 valence electrons. The summed E-state index contributed by atoms with van der Waals surface area (Å²) >= 11 is 0. The largest absolute Gasteiger partial charge is 1.00 e. The molecule has 0 heterocycles. The predicted molar refractivity (Wildman–Crippen MR) is 70.2 cm³/mol. The van der Waals surface area contributed by atoms with Gasteiger partial charge >= 0.3 is 59.1 Å². The fourth-order valence-corrected chi connectivity index (χ4v) is 2.73. The molecule has 2 aromatic carbocycles. The number of nitrogens with two attached hydrogens (primary N) is 1. The molecule has 0 spiro atoms. The third-order valence-corrected chi connectivity index (χ3v) is 4.21. The van der Waals surface area contributed by atoms with Gasteiger partial charge in [-0.3, -0.25) is 9.11 Å². The molecule has 2 aromatic rings. The van der Waals surface area contributed by atoms with Gasteiger partial charge in [-0.25, -0.2) is 0 Å². The summed E-state index contributed by atoms with van der Waals surface area (Å²) in [4.78, 5) is -0.850. The van der Waals surface area contributed by atoms with E-state index in [1.54, 1.807) is 0 Å². The Kier molecular flexibility index (Phi) is 7.37. The quantitative estimate of drug-likeness (QED) is 0.281. The standard InChI is InChI=1S/C10H9NO6S2.2Na.2H/c11-10-5-8(19(15,16)17)4-6-3-7(18(12,13)14)1-2-9(6)10;;;;/h1-5H,11H2,(H,12,13,14)(H,15,16,17);;;;/q;2*+1;2*-1. The van der Waals surface area contributed by atoms with E-state index in [-0.39, 0.29) is 73.0 Å². The smallest absolute Gasteiger partial charge is 1.00 e. The van der Waals surface area contributed by atoms with Gasteiger partial charge in [0.05, 0.1) is 9.79 Å². The number of benzene rings is 2. The molecule has 4 N–H and O–H groups in total. The van der Waals surface area contributed by atoms with Crippen LogP contribution in [0.1, 0.15) is 2.85 Å². The average Bonchev–Trinajstić information content (AvgIpc) is 2.25. The van der Waals surface area contributed by atoms with Crippen LogP contribution in [0, 0.1) is 0 Å². The molecule has 0 amide bonds. The van der Waals surface area contributed by atoms with Gasteiger partial charge in [0.25, 0.3) is 20.2 Å². The van der Waals surface area contributed by atoms with Crippen molar-refractivity contribution in [1.82, 2.24) is 0 Å². The van der Waals surface area contributed by atoms with Gasteiger partial charge in [0.2, 0.25) is 0 Å². The van der Waals surface area contributed by atoms with E-state index in [1.165, 1.54) is 6.07 Å². The van der Waals surface area contributed by atoms with E-state index in [9.17, 15) is 16.8 Å². The van der Waals surface area contributed by atoms with Gasteiger partial charge in [-0.05, 0) is 29.7 Å². The molecule has 0 aliphatic rings. The molecule has 21 heavy (non-hydrogen) atoms. The molecular weight excluding hydrogens is 340 g/mol. The van der Waals surface area contributed by atoms with Gasteiger partial charge in [-0.2, -0.15) is 16.8 Å². The van der Waals surface area contributed by atoms with E-state index in [0.717, 1.165) is 24.3 Å². The van der Waals surface area contributed by atoms with E-state index < -0.39 is 30.0 Å². The summed E-state index contributed by atoms with van der Waals surface area (Å²) in [5.41, 5.74) is 5.69. The Labute approximate surface area is 169 Å². The number of hydrogen-bond donors (Lipinski definition) is 3. The molecule has 2 rings (SSSR count). The van der Waals surface area contributed by atoms with Crippen LogP contribution in [0.15, 0.2) is 40.1 Å². The minimum absolute atomic E-state index is 0. The molecule has 0 unspecified atom stereocenters. The third-order valence-electron chi connectivity index (χ3n) is 2.53. The van der Waals surface area contributed by atoms with Crippen LogP contribution in [0.25, 0.3) is 10.8 Å². The number of fused-ring (bicyclic) bond motifs is 1. The van der Waals surface area contributed by atoms with E-state index in [0.29, 0.717) is 5.39 Å². The second-order valence-corrected chi connectivity index (χ2v) is 6.69. The van der Waals surface area contributed by atoms with Crippen LogP contribution in [0.5, 0.6) is 0 Å². The summed E-state index contributed by atoms with van der Waals surface area (Å²) in [6, 6.07) is 5.67. The summed E-state index contributed by atoms with van der Waals surface area (Å²) < 4.78 is 62.0. The topological polar surface area (TPSA) is 135 Å². The number of rotatable bonds is 2. The van der Waals surface area contributed by atoms with Crippen LogP contribution in [0.3, 0.4) is 0 Å². The first-order chi connectivity index (χ1) is 8.59. The monoisotopic (exact) mass is 351 g/mol. The van der Waals surface area contributed by atoms with Crippen molar-refractivity contribution in [2.24, 2.45) is 0 Å². The maximum absolute atomic E-state index is 11.0. The second-order valence-electron chi connectivity index (χ2n) is 3.85. The van der Waals surface area contributed by atoms with Gasteiger partial charge in [0, 0.05) is 11.1 Å². The normalized spacial score (nSPS) is 11.5. The van der Waals surface area contributed by atoms with E-state index in [1.807, 2.05) is 0 Å². The molecule has 7 nitrogen and oxygen atoms in total. The van der Waals surface area contributed by atoms with Crippen LogP contribution in [-0.4, -0.2) is 25.9 Å². The van der Waals surface area contributed by atoms with E-state index in [4.69, 9.17) is 14.8 Å². The molecule has 0 fully saturated rings. The van der Waals surface area contributed by atoms with Crippen molar-refractivity contribution in [2.75, 3.05) is 5.73 Å². The SMILES string of the molecule is Nc1cc(S(=O)(=O)O)cc2cc(S(=O)(=O)O)ccc12.[H-].[H-].[Na+].[Na+]. The van der Waals surface area contributed by atoms with Gasteiger partial charge in [-0.15, -0.1) is 0 Å². The maximum Gasteiger partial charge on any atom is 1.00 e. The van der Waals surface area contributed by atoms with Crippen LogP contribution in [0.2, 0.25) is 0 Å². The van der Waals surface area contributed by atoms with Gasteiger partial charge in [0.1, 0.15) is 0 Å². The number of hydrogen-bond acceptors (Lipinski definition) is 5. The van der Waals surface area contributed by atoms with Crippen molar-refractivity contribution in [3.8, 4) is 0 Å². The van der Waals surface area contributed by atoms with Crippen molar-refractivity contribution >= 4 is 36.7 Å². The zero-order valence-electron chi connectivity index (χ0n) is 13.3. The molecule has 0 saturated carbocycles. The molecule has 11 heteroatoms. The summed E-state index contributed by atoms with van der Waals surface area (Å²) in [5, 5.41) is 0.572. The minimum Gasteiger partial charge on any atom is -1.00 e. The van der Waals surface area contributed by atoms with Crippen LogP contribution >= 0.6 is 0 Å². The summed E-state index contributed by atoms with van der Waals surface area (Å²) in [6.45, 7) is 0. The van der Waals surface area contributed by atoms with Crippen LogP contribution in [-0.2, 0) is 20.2 Å². The Morgan fingerprint density at radius 1 is 0.857 bits per heavy atom. The summed E-state index contributed by atoms with van der Waals surface area (Å²) in [7, 11) is -8.87. The molecule has 0 aliphatic carbocycles.